The Labute approximate surface area is 189 Å². The quantitative estimate of drug-likeness (QED) is 0.618. The predicted octanol–water partition coefficient (Wildman–Crippen LogP) is 3.45. The van der Waals surface area contributed by atoms with Gasteiger partial charge in [-0.15, -0.1) is 0 Å². The van der Waals surface area contributed by atoms with Gasteiger partial charge in [-0.2, -0.15) is 18.3 Å². The van der Waals surface area contributed by atoms with Crippen LogP contribution in [0, 0.1) is 12.8 Å². The summed E-state index contributed by atoms with van der Waals surface area (Å²) in [6.45, 7) is 7.24. The van der Waals surface area contributed by atoms with Gasteiger partial charge < -0.3 is 15.4 Å². The summed E-state index contributed by atoms with van der Waals surface area (Å²) < 4.78 is 45.2. The SMILES string of the molecule is CCOC(=O)NC(CNC(=O)c1nn(-c2cccc(C(F)(F)F)c2)c(C)cc1=O)CC(C)C. The Kier molecular flexibility index (Phi) is 8.61. The van der Waals surface area contributed by atoms with Crippen LogP contribution in [0.5, 0.6) is 0 Å². The minimum atomic E-state index is -4.56. The molecule has 180 valence electrons. The normalized spacial score (nSPS) is 12.4. The van der Waals surface area contributed by atoms with Crippen LogP contribution in [0.3, 0.4) is 0 Å². The molecule has 33 heavy (non-hydrogen) atoms. The van der Waals surface area contributed by atoms with E-state index in [0.29, 0.717) is 6.42 Å². The molecule has 0 fully saturated rings. The molecule has 1 heterocycles. The van der Waals surface area contributed by atoms with Crippen LogP contribution in [-0.4, -0.2) is 41.0 Å². The maximum Gasteiger partial charge on any atom is 0.416 e. The summed E-state index contributed by atoms with van der Waals surface area (Å²) in [6, 6.07) is 5.08. The third-order valence-electron chi connectivity index (χ3n) is 4.60. The number of aromatic nitrogens is 2. The number of nitrogens with one attached hydrogen (secondary N) is 2. The van der Waals surface area contributed by atoms with Gasteiger partial charge in [0.1, 0.15) is 0 Å². The van der Waals surface area contributed by atoms with Gasteiger partial charge in [0.15, 0.2) is 5.69 Å². The third kappa shape index (κ3) is 7.33. The van der Waals surface area contributed by atoms with E-state index in [2.05, 4.69) is 15.7 Å². The minimum Gasteiger partial charge on any atom is -0.450 e. The number of hydrogen-bond donors (Lipinski definition) is 2. The van der Waals surface area contributed by atoms with E-state index in [1.54, 1.807) is 6.92 Å². The number of halogens is 3. The lowest BCUT2D eigenvalue weighted by Crippen LogP contribution is -2.45. The molecule has 0 aliphatic carbocycles. The zero-order valence-corrected chi connectivity index (χ0v) is 18.8. The maximum atomic E-state index is 13.1. The van der Waals surface area contributed by atoms with Crippen molar-refractivity contribution >= 4 is 12.0 Å². The van der Waals surface area contributed by atoms with Crippen molar-refractivity contribution in [3.63, 3.8) is 0 Å². The fourth-order valence-electron chi connectivity index (χ4n) is 3.18. The molecule has 2 amide bonds. The van der Waals surface area contributed by atoms with Gasteiger partial charge in [0, 0.05) is 24.3 Å². The molecule has 0 spiro atoms. The van der Waals surface area contributed by atoms with Gasteiger partial charge in [0.05, 0.1) is 17.9 Å². The minimum absolute atomic E-state index is 0.00832. The monoisotopic (exact) mass is 468 g/mol. The van der Waals surface area contributed by atoms with Crippen LogP contribution in [0.15, 0.2) is 35.1 Å². The second-order valence-corrected chi connectivity index (χ2v) is 7.86. The smallest absolute Gasteiger partial charge is 0.416 e. The highest BCUT2D eigenvalue weighted by Gasteiger charge is 2.30. The Bertz CT molecular complexity index is 1050. The molecule has 0 saturated carbocycles. The Balaban J connectivity index is 2.27. The first-order chi connectivity index (χ1) is 15.4. The van der Waals surface area contributed by atoms with Crippen molar-refractivity contribution in [3.05, 3.63) is 57.5 Å². The van der Waals surface area contributed by atoms with E-state index in [1.165, 1.54) is 19.1 Å². The summed E-state index contributed by atoms with van der Waals surface area (Å²) >= 11 is 0. The molecule has 1 atom stereocenters. The number of nitrogens with zero attached hydrogens (tertiary/aromatic N) is 2. The van der Waals surface area contributed by atoms with Crippen molar-refractivity contribution in [1.82, 2.24) is 20.4 Å². The zero-order chi connectivity index (χ0) is 24.8. The molecule has 1 unspecified atom stereocenters. The molecule has 0 aliphatic rings. The molecule has 0 saturated heterocycles. The van der Waals surface area contributed by atoms with Crippen molar-refractivity contribution in [2.24, 2.45) is 5.92 Å². The number of rotatable bonds is 8. The predicted molar refractivity (Wildman–Crippen MR) is 115 cm³/mol. The summed E-state index contributed by atoms with van der Waals surface area (Å²) in [5.74, 6) is -0.607. The van der Waals surface area contributed by atoms with E-state index < -0.39 is 40.9 Å². The molecule has 8 nitrogen and oxygen atoms in total. The van der Waals surface area contributed by atoms with E-state index in [-0.39, 0.29) is 30.5 Å². The fraction of sp³-hybridized carbons (Fsp3) is 0.455. The van der Waals surface area contributed by atoms with Gasteiger partial charge in [0.25, 0.3) is 5.91 Å². The van der Waals surface area contributed by atoms with Crippen molar-refractivity contribution in [3.8, 4) is 5.69 Å². The number of hydrogen-bond acceptors (Lipinski definition) is 5. The van der Waals surface area contributed by atoms with Crippen molar-refractivity contribution in [2.75, 3.05) is 13.2 Å². The van der Waals surface area contributed by atoms with Gasteiger partial charge >= 0.3 is 12.3 Å². The number of alkyl carbamates (subject to hydrolysis) is 1. The van der Waals surface area contributed by atoms with Crippen LogP contribution in [-0.2, 0) is 10.9 Å². The number of benzene rings is 1. The Hall–Kier alpha value is -3.37. The van der Waals surface area contributed by atoms with Crippen LogP contribution >= 0.6 is 0 Å². The molecule has 0 radical (unpaired) electrons. The first-order valence-corrected chi connectivity index (χ1v) is 10.4. The molecule has 1 aromatic heterocycles. The highest BCUT2D eigenvalue weighted by Crippen LogP contribution is 2.30. The van der Waals surface area contributed by atoms with Crippen molar-refractivity contribution in [1.29, 1.82) is 0 Å². The van der Waals surface area contributed by atoms with Gasteiger partial charge in [0.2, 0.25) is 5.43 Å². The Morgan fingerprint density at radius 3 is 2.52 bits per heavy atom. The average molecular weight is 468 g/mol. The molecule has 2 rings (SSSR count). The Morgan fingerprint density at radius 2 is 1.91 bits per heavy atom. The van der Waals surface area contributed by atoms with E-state index in [9.17, 15) is 27.6 Å². The van der Waals surface area contributed by atoms with Crippen LogP contribution in [0.4, 0.5) is 18.0 Å². The third-order valence-corrected chi connectivity index (χ3v) is 4.60. The number of alkyl halides is 3. The van der Waals surface area contributed by atoms with Crippen LogP contribution < -0.4 is 16.1 Å². The van der Waals surface area contributed by atoms with Gasteiger partial charge in [-0.25, -0.2) is 9.48 Å². The van der Waals surface area contributed by atoms with Gasteiger partial charge in [-0.1, -0.05) is 19.9 Å². The molecule has 0 aliphatic heterocycles. The summed E-state index contributed by atoms with van der Waals surface area (Å²) in [4.78, 5) is 36.8. The lowest BCUT2D eigenvalue weighted by Gasteiger charge is -2.20. The molecule has 2 aromatic rings. The molecule has 1 aromatic carbocycles. The number of carbonyl (C=O) groups is 2. The number of aryl methyl sites for hydroxylation is 1. The van der Waals surface area contributed by atoms with Crippen LogP contribution in [0.2, 0.25) is 0 Å². The van der Waals surface area contributed by atoms with Crippen LogP contribution in [0.1, 0.15) is 48.9 Å². The largest absolute Gasteiger partial charge is 0.450 e. The number of carbonyl (C=O) groups excluding carboxylic acids is 2. The number of amides is 2. The van der Waals surface area contributed by atoms with Crippen molar-refractivity contribution < 1.29 is 27.5 Å². The van der Waals surface area contributed by atoms with E-state index in [0.717, 1.165) is 22.9 Å². The average Bonchev–Trinajstić information content (AvgIpc) is 2.71. The topological polar surface area (TPSA) is 102 Å². The maximum absolute atomic E-state index is 13.1. The molecule has 11 heteroatoms. The molecule has 0 bridgehead atoms. The van der Waals surface area contributed by atoms with E-state index >= 15 is 0 Å². The zero-order valence-electron chi connectivity index (χ0n) is 18.8. The van der Waals surface area contributed by atoms with Crippen LogP contribution in [0.25, 0.3) is 5.69 Å². The van der Waals surface area contributed by atoms with Crippen molar-refractivity contribution in [2.45, 2.75) is 46.3 Å². The van der Waals surface area contributed by atoms with Gasteiger partial charge in [-0.3, -0.25) is 9.59 Å². The highest BCUT2D eigenvalue weighted by molar-refractivity contribution is 5.92. The first-order valence-electron chi connectivity index (χ1n) is 10.4. The van der Waals surface area contributed by atoms with E-state index in [1.807, 2.05) is 13.8 Å². The first kappa shape index (κ1) is 25.9. The fourth-order valence-corrected chi connectivity index (χ4v) is 3.18. The lowest BCUT2D eigenvalue weighted by molar-refractivity contribution is -0.137. The standard InChI is InChI=1S/C22H27F3N4O4/c1-5-33-21(32)27-16(9-13(2)3)12-26-20(31)19-18(30)10-14(4)29(28-19)17-8-6-7-15(11-17)22(23,24)25/h6-8,10-11,13,16H,5,9,12H2,1-4H3,(H,26,31)(H,27,32). The molecular formula is C22H27F3N4O4. The highest BCUT2D eigenvalue weighted by atomic mass is 19.4. The summed E-state index contributed by atoms with van der Waals surface area (Å²) in [7, 11) is 0. The summed E-state index contributed by atoms with van der Waals surface area (Å²) in [6.07, 6.45) is -4.65. The Morgan fingerprint density at radius 1 is 1.21 bits per heavy atom. The molecular weight excluding hydrogens is 441 g/mol. The second kappa shape index (κ2) is 11.0. The van der Waals surface area contributed by atoms with Gasteiger partial charge in [-0.05, 0) is 44.4 Å². The molecule has 2 N–H and O–H groups in total. The summed E-state index contributed by atoms with van der Waals surface area (Å²) in [5, 5.41) is 9.22. The lowest BCUT2D eigenvalue weighted by atomic mass is 10.0. The number of ether oxygens (including phenoxy) is 1. The summed E-state index contributed by atoms with van der Waals surface area (Å²) in [5.41, 5.74) is -1.72. The van der Waals surface area contributed by atoms with E-state index in [4.69, 9.17) is 4.74 Å². The second-order valence-electron chi connectivity index (χ2n) is 7.86.